The van der Waals surface area contributed by atoms with E-state index in [9.17, 15) is 13.6 Å². The fraction of sp³-hybridized carbons (Fsp3) is 0. The van der Waals surface area contributed by atoms with Crippen molar-refractivity contribution in [2.24, 2.45) is 5.73 Å². The van der Waals surface area contributed by atoms with E-state index in [2.05, 4.69) is 0 Å². The summed E-state index contributed by atoms with van der Waals surface area (Å²) in [5.41, 5.74) is 4.94. The normalized spacial score (nSPS) is 10.7. The summed E-state index contributed by atoms with van der Waals surface area (Å²) in [6, 6.07) is 1.83. The van der Waals surface area contributed by atoms with Crippen LogP contribution in [0.15, 0.2) is 18.2 Å². The highest BCUT2D eigenvalue weighted by Gasteiger charge is 2.07. The second-order valence-corrected chi connectivity index (χ2v) is 2.57. The van der Waals surface area contributed by atoms with Crippen molar-refractivity contribution < 1.29 is 18.7 Å². The van der Waals surface area contributed by atoms with Gasteiger partial charge in [0, 0.05) is 6.08 Å². The molecule has 1 rings (SSSR count). The average Bonchev–Trinajstić information content (AvgIpc) is 2.10. The van der Waals surface area contributed by atoms with Gasteiger partial charge in [0.1, 0.15) is 0 Å². The Labute approximate surface area is 78.5 Å². The van der Waals surface area contributed by atoms with E-state index in [1.807, 2.05) is 0 Å². The van der Waals surface area contributed by atoms with E-state index >= 15 is 0 Å². The van der Waals surface area contributed by atoms with Gasteiger partial charge in [-0.25, -0.2) is 4.39 Å². The Bertz CT molecular complexity index is 379. The number of hydrogen-bond acceptors (Lipinski definition) is 2. The van der Waals surface area contributed by atoms with Gasteiger partial charge in [0.25, 0.3) is 0 Å². The maximum absolute atomic E-state index is 12.7. The van der Waals surface area contributed by atoms with Gasteiger partial charge in [-0.15, -0.1) is 0 Å². The number of benzene rings is 1. The molecule has 0 fully saturated rings. The molecule has 0 radical (unpaired) electrons. The van der Waals surface area contributed by atoms with Crippen molar-refractivity contribution in [2.45, 2.75) is 0 Å². The van der Waals surface area contributed by atoms with Gasteiger partial charge in [-0.3, -0.25) is 4.79 Å². The largest absolute Gasteiger partial charge is 0.505 e. The van der Waals surface area contributed by atoms with Crippen LogP contribution in [0.2, 0.25) is 0 Å². The molecular formula is C9H7F2NO2. The standard InChI is InChI=1S/C9H7F2NO2/c10-6-3-5(1-2-8(12)14)4-7(13)9(6)11/h1-4,13H,(H2,12,14). The zero-order chi connectivity index (χ0) is 10.7. The smallest absolute Gasteiger partial charge is 0.241 e. The van der Waals surface area contributed by atoms with Crippen LogP contribution in [0.1, 0.15) is 5.56 Å². The molecule has 0 bridgehead atoms. The van der Waals surface area contributed by atoms with Crippen molar-refractivity contribution in [3.05, 3.63) is 35.4 Å². The molecule has 0 unspecified atom stereocenters. The molecule has 0 aromatic heterocycles. The highest BCUT2D eigenvalue weighted by molar-refractivity contribution is 5.90. The number of halogens is 2. The summed E-state index contributed by atoms with van der Waals surface area (Å²) in [7, 11) is 0. The monoisotopic (exact) mass is 199 g/mol. The molecule has 74 valence electrons. The van der Waals surface area contributed by atoms with E-state index in [0.717, 1.165) is 18.2 Å². The first-order chi connectivity index (χ1) is 6.50. The van der Waals surface area contributed by atoms with Crippen molar-refractivity contribution in [1.82, 2.24) is 0 Å². The van der Waals surface area contributed by atoms with Crippen LogP contribution in [0.3, 0.4) is 0 Å². The molecule has 0 saturated heterocycles. The van der Waals surface area contributed by atoms with Crippen LogP contribution in [0.4, 0.5) is 8.78 Å². The van der Waals surface area contributed by atoms with Crippen molar-refractivity contribution in [3.63, 3.8) is 0 Å². The maximum atomic E-state index is 12.7. The van der Waals surface area contributed by atoms with Gasteiger partial charge >= 0.3 is 0 Å². The molecule has 0 spiro atoms. The van der Waals surface area contributed by atoms with E-state index in [1.54, 1.807) is 0 Å². The molecule has 1 aromatic carbocycles. The molecule has 5 heteroatoms. The summed E-state index contributed by atoms with van der Waals surface area (Å²) in [6.45, 7) is 0. The quantitative estimate of drug-likeness (QED) is 0.702. The van der Waals surface area contributed by atoms with Crippen molar-refractivity contribution in [2.75, 3.05) is 0 Å². The molecule has 0 heterocycles. The Kier molecular flexibility index (Phi) is 2.81. The first-order valence-corrected chi connectivity index (χ1v) is 3.66. The molecule has 0 aliphatic heterocycles. The number of nitrogens with two attached hydrogens (primary N) is 1. The minimum atomic E-state index is -1.32. The van der Waals surface area contributed by atoms with E-state index in [1.165, 1.54) is 6.08 Å². The van der Waals surface area contributed by atoms with Crippen LogP contribution in [0, 0.1) is 11.6 Å². The second kappa shape index (κ2) is 3.87. The Morgan fingerprint density at radius 2 is 2.07 bits per heavy atom. The van der Waals surface area contributed by atoms with Crippen LogP contribution >= 0.6 is 0 Å². The van der Waals surface area contributed by atoms with Crippen LogP contribution in [0.25, 0.3) is 6.08 Å². The summed E-state index contributed by atoms with van der Waals surface area (Å²) in [6.07, 6.45) is 2.15. The number of amides is 1. The third-order valence-corrected chi connectivity index (χ3v) is 1.47. The first-order valence-electron chi connectivity index (χ1n) is 3.66. The molecule has 14 heavy (non-hydrogen) atoms. The Morgan fingerprint density at radius 3 is 2.57 bits per heavy atom. The molecule has 0 atom stereocenters. The number of aromatic hydroxyl groups is 1. The van der Waals surface area contributed by atoms with Crippen molar-refractivity contribution >= 4 is 12.0 Å². The van der Waals surface area contributed by atoms with Gasteiger partial charge in [-0.2, -0.15) is 4.39 Å². The average molecular weight is 199 g/mol. The van der Waals surface area contributed by atoms with E-state index in [0.29, 0.717) is 0 Å². The second-order valence-electron chi connectivity index (χ2n) is 2.57. The summed E-state index contributed by atoms with van der Waals surface area (Å²) in [4.78, 5) is 10.3. The van der Waals surface area contributed by atoms with Crippen LogP contribution in [0.5, 0.6) is 5.75 Å². The Morgan fingerprint density at radius 1 is 1.43 bits per heavy atom. The fourth-order valence-electron chi connectivity index (χ4n) is 0.870. The molecule has 3 N–H and O–H groups in total. The zero-order valence-electron chi connectivity index (χ0n) is 7.00. The highest BCUT2D eigenvalue weighted by atomic mass is 19.2. The molecule has 0 aliphatic carbocycles. The first kappa shape index (κ1) is 10.2. The van der Waals surface area contributed by atoms with Crippen LogP contribution in [-0.2, 0) is 4.79 Å². The number of phenolic OH excluding ortho intramolecular Hbond substituents is 1. The topological polar surface area (TPSA) is 63.3 Å². The lowest BCUT2D eigenvalue weighted by Crippen LogP contribution is -2.05. The molecule has 0 saturated carbocycles. The number of primary amides is 1. The number of phenols is 1. The van der Waals surface area contributed by atoms with E-state index < -0.39 is 23.3 Å². The SMILES string of the molecule is NC(=O)C=Cc1cc(O)c(F)c(F)c1. The van der Waals surface area contributed by atoms with Gasteiger partial charge in [-0.05, 0) is 23.8 Å². The van der Waals surface area contributed by atoms with Gasteiger partial charge in [0.2, 0.25) is 5.91 Å². The predicted molar refractivity (Wildman–Crippen MR) is 46.3 cm³/mol. The van der Waals surface area contributed by atoms with Crippen LogP contribution in [-0.4, -0.2) is 11.0 Å². The number of carbonyl (C=O) groups is 1. The Hall–Kier alpha value is -1.91. The number of carbonyl (C=O) groups excluding carboxylic acids is 1. The summed E-state index contributed by atoms with van der Waals surface area (Å²) < 4.78 is 25.2. The fourth-order valence-corrected chi connectivity index (χ4v) is 0.870. The van der Waals surface area contributed by atoms with Gasteiger partial charge in [0.15, 0.2) is 17.4 Å². The zero-order valence-corrected chi connectivity index (χ0v) is 7.00. The summed E-state index contributed by atoms with van der Waals surface area (Å²) in [5.74, 6) is -4.03. The third-order valence-electron chi connectivity index (χ3n) is 1.47. The molecular weight excluding hydrogens is 192 g/mol. The lowest BCUT2D eigenvalue weighted by Gasteiger charge is -1.98. The van der Waals surface area contributed by atoms with Crippen LogP contribution < -0.4 is 5.73 Å². The molecule has 1 amide bonds. The molecule has 0 aliphatic rings. The third kappa shape index (κ3) is 2.29. The minimum Gasteiger partial charge on any atom is -0.505 e. The lowest BCUT2D eigenvalue weighted by molar-refractivity contribution is -0.113. The van der Waals surface area contributed by atoms with E-state index in [4.69, 9.17) is 10.8 Å². The van der Waals surface area contributed by atoms with Gasteiger partial charge in [0.05, 0.1) is 0 Å². The summed E-state index contributed by atoms with van der Waals surface area (Å²) in [5, 5.41) is 8.88. The lowest BCUT2D eigenvalue weighted by atomic mass is 10.2. The maximum Gasteiger partial charge on any atom is 0.241 e. The summed E-state index contributed by atoms with van der Waals surface area (Å²) >= 11 is 0. The van der Waals surface area contributed by atoms with Gasteiger partial charge < -0.3 is 10.8 Å². The predicted octanol–water partition coefficient (Wildman–Crippen LogP) is 1.17. The van der Waals surface area contributed by atoms with Crippen molar-refractivity contribution in [1.29, 1.82) is 0 Å². The highest BCUT2D eigenvalue weighted by Crippen LogP contribution is 2.21. The molecule has 3 nitrogen and oxygen atoms in total. The molecule has 1 aromatic rings. The Balaban J connectivity index is 3.07. The van der Waals surface area contributed by atoms with Gasteiger partial charge in [-0.1, -0.05) is 0 Å². The number of hydrogen-bond donors (Lipinski definition) is 2. The van der Waals surface area contributed by atoms with Crippen molar-refractivity contribution in [3.8, 4) is 5.75 Å². The minimum absolute atomic E-state index is 0.153. The number of rotatable bonds is 2. The van der Waals surface area contributed by atoms with E-state index in [-0.39, 0.29) is 5.56 Å².